The number of anilines is 1. The maximum atomic E-state index is 12.9. The molecule has 0 saturated carbocycles. The maximum absolute atomic E-state index is 12.9. The summed E-state index contributed by atoms with van der Waals surface area (Å²) >= 11 is 12.0. The van der Waals surface area contributed by atoms with Crippen LogP contribution in [0.3, 0.4) is 0 Å². The molecule has 1 aromatic heterocycles. The van der Waals surface area contributed by atoms with E-state index in [1.54, 1.807) is 42.5 Å². The Hall–Kier alpha value is -4.26. The number of halogens is 2. The van der Waals surface area contributed by atoms with E-state index in [4.69, 9.17) is 37.1 Å². The first-order valence-electron chi connectivity index (χ1n) is 11.2. The van der Waals surface area contributed by atoms with Gasteiger partial charge in [0.15, 0.2) is 6.61 Å². The molecule has 1 amide bonds. The molecular weight excluding hydrogens is 513 g/mol. The molecule has 1 N–H and O–H groups in total. The third-order valence-corrected chi connectivity index (χ3v) is 6.04. The summed E-state index contributed by atoms with van der Waals surface area (Å²) in [7, 11) is 0. The largest absolute Gasteiger partial charge is 0.484 e. The Labute approximate surface area is 222 Å². The van der Waals surface area contributed by atoms with Crippen molar-refractivity contribution in [1.82, 2.24) is 0 Å². The second kappa shape index (κ2) is 10.8. The van der Waals surface area contributed by atoms with Crippen LogP contribution < -0.4 is 20.2 Å². The van der Waals surface area contributed by atoms with Crippen molar-refractivity contribution in [2.45, 2.75) is 0 Å². The number of carbonyl (C=O) groups is 1. The van der Waals surface area contributed by atoms with Gasteiger partial charge in [-0.1, -0.05) is 65.7 Å². The Morgan fingerprint density at radius 2 is 1.57 bits per heavy atom. The Bertz CT molecular complexity index is 1630. The van der Waals surface area contributed by atoms with Crippen LogP contribution in [0.5, 0.6) is 17.2 Å². The first-order valence-corrected chi connectivity index (χ1v) is 12.0. The highest BCUT2D eigenvalue weighted by molar-refractivity contribution is 6.35. The molecule has 0 spiro atoms. The van der Waals surface area contributed by atoms with E-state index in [1.165, 1.54) is 12.3 Å². The fraction of sp³-hybridized carbons (Fsp3) is 0.0345. The molecule has 0 atom stereocenters. The summed E-state index contributed by atoms with van der Waals surface area (Å²) in [6.07, 6.45) is 1.26. The van der Waals surface area contributed by atoms with Gasteiger partial charge in [-0.05, 0) is 53.6 Å². The Balaban J connectivity index is 1.26. The number of carbonyl (C=O) groups excluding carboxylic acids is 1. The molecule has 37 heavy (non-hydrogen) atoms. The van der Waals surface area contributed by atoms with Gasteiger partial charge in [-0.15, -0.1) is 0 Å². The molecule has 0 saturated heterocycles. The third-order valence-electron chi connectivity index (χ3n) is 5.48. The normalized spacial score (nSPS) is 10.8. The molecule has 5 rings (SSSR count). The molecule has 4 aromatic carbocycles. The summed E-state index contributed by atoms with van der Waals surface area (Å²) in [6, 6.07) is 26.8. The van der Waals surface area contributed by atoms with Crippen molar-refractivity contribution in [2.24, 2.45) is 0 Å². The molecule has 5 aromatic rings. The number of rotatable bonds is 7. The first kappa shape index (κ1) is 24.4. The number of fused-ring (bicyclic) bond motifs is 1. The van der Waals surface area contributed by atoms with Crippen molar-refractivity contribution < 1.29 is 18.7 Å². The van der Waals surface area contributed by atoms with Crippen LogP contribution in [0.25, 0.3) is 22.1 Å². The maximum Gasteiger partial charge on any atom is 0.262 e. The molecule has 0 bridgehead atoms. The van der Waals surface area contributed by atoms with Crippen LogP contribution in [0.15, 0.2) is 106 Å². The lowest BCUT2D eigenvalue weighted by molar-refractivity contribution is -0.118. The van der Waals surface area contributed by atoms with Gasteiger partial charge in [0.2, 0.25) is 11.2 Å². The summed E-state index contributed by atoms with van der Waals surface area (Å²) in [5, 5.41) is 3.76. The van der Waals surface area contributed by atoms with Crippen molar-refractivity contribution in [2.75, 3.05) is 11.9 Å². The minimum absolute atomic E-state index is 0.0615. The fourth-order valence-corrected chi connectivity index (χ4v) is 3.99. The predicted molar refractivity (Wildman–Crippen MR) is 145 cm³/mol. The molecule has 0 aliphatic heterocycles. The van der Waals surface area contributed by atoms with Crippen LogP contribution in [0.2, 0.25) is 10.0 Å². The van der Waals surface area contributed by atoms with Gasteiger partial charge in [-0.3, -0.25) is 9.59 Å². The SMILES string of the molecule is O=C(COc1ccc2c(=O)c(Oc3ccc(-c4ccccc4)cc3)coc2c1)Nc1cc(Cl)ccc1Cl. The van der Waals surface area contributed by atoms with E-state index in [1.807, 2.05) is 42.5 Å². The van der Waals surface area contributed by atoms with Gasteiger partial charge in [0.1, 0.15) is 23.3 Å². The van der Waals surface area contributed by atoms with Crippen LogP contribution in [0.1, 0.15) is 0 Å². The fourth-order valence-electron chi connectivity index (χ4n) is 3.65. The van der Waals surface area contributed by atoms with Gasteiger partial charge < -0.3 is 19.2 Å². The zero-order valence-electron chi connectivity index (χ0n) is 19.2. The van der Waals surface area contributed by atoms with E-state index in [0.717, 1.165) is 11.1 Å². The van der Waals surface area contributed by atoms with E-state index in [-0.39, 0.29) is 17.8 Å². The lowest BCUT2D eigenvalue weighted by atomic mass is 10.1. The average molecular weight is 532 g/mol. The van der Waals surface area contributed by atoms with Gasteiger partial charge in [0, 0.05) is 11.1 Å². The van der Waals surface area contributed by atoms with E-state index < -0.39 is 5.91 Å². The number of benzene rings is 4. The van der Waals surface area contributed by atoms with Gasteiger partial charge in [-0.2, -0.15) is 0 Å². The molecular formula is C29H19Cl2NO5. The zero-order valence-corrected chi connectivity index (χ0v) is 20.8. The summed E-state index contributed by atoms with van der Waals surface area (Å²) in [4.78, 5) is 25.2. The Kier molecular flexibility index (Phi) is 7.12. The molecule has 0 aliphatic carbocycles. The summed E-state index contributed by atoms with van der Waals surface area (Å²) in [6.45, 7) is -0.279. The van der Waals surface area contributed by atoms with Crippen molar-refractivity contribution >= 4 is 45.8 Å². The van der Waals surface area contributed by atoms with Crippen LogP contribution in [-0.2, 0) is 4.79 Å². The molecule has 0 radical (unpaired) electrons. The van der Waals surface area contributed by atoms with Gasteiger partial charge in [-0.25, -0.2) is 0 Å². The van der Waals surface area contributed by atoms with Gasteiger partial charge >= 0.3 is 0 Å². The molecule has 0 unspecified atom stereocenters. The number of ether oxygens (including phenoxy) is 2. The van der Waals surface area contributed by atoms with Crippen LogP contribution in [-0.4, -0.2) is 12.5 Å². The van der Waals surface area contributed by atoms with E-state index in [2.05, 4.69) is 5.32 Å². The number of nitrogens with one attached hydrogen (secondary N) is 1. The molecule has 184 valence electrons. The smallest absolute Gasteiger partial charge is 0.262 e. The van der Waals surface area contributed by atoms with Crippen molar-refractivity contribution in [3.8, 4) is 28.4 Å². The molecule has 0 aliphatic rings. The van der Waals surface area contributed by atoms with Crippen molar-refractivity contribution in [3.63, 3.8) is 0 Å². The second-order valence-corrected chi connectivity index (χ2v) is 8.88. The first-order chi connectivity index (χ1) is 18.0. The topological polar surface area (TPSA) is 77.8 Å². The van der Waals surface area contributed by atoms with Gasteiger partial charge in [0.05, 0.1) is 16.1 Å². The summed E-state index contributed by atoms with van der Waals surface area (Å²) < 4.78 is 17.0. The Morgan fingerprint density at radius 3 is 2.35 bits per heavy atom. The van der Waals surface area contributed by atoms with Crippen LogP contribution >= 0.6 is 23.2 Å². The molecule has 1 heterocycles. The lowest BCUT2D eigenvalue weighted by Crippen LogP contribution is -2.20. The monoisotopic (exact) mass is 531 g/mol. The number of amides is 1. The second-order valence-electron chi connectivity index (χ2n) is 8.04. The predicted octanol–water partition coefficient (Wildman–Crippen LogP) is 7.58. The minimum Gasteiger partial charge on any atom is -0.484 e. The zero-order chi connectivity index (χ0) is 25.8. The highest BCUT2D eigenvalue weighted by Crippen LogP contribution is 2.27. The van der Waals surface area contributed by atoms with E-state index >= 15 is 0 Å². The minimum atomic E-state index is -0.423. The summed E-state index contributed by atoms with van der Waals surface area (Å²) in [5.74, 6) is 0.504. The lowest BCUT2D eigenvalue weighted by Gasteiger charge is -2.10. The number of hydrogen-bond donors (Lipinski definition) is 1. The van der Waals surface area contributed by atoms with Gasteiger partial charge in [0.25, 0.3) is 5.91 Å². The highest BCUT2D eigenvalue weighted by Gasteiger charge is 2.12. The third kappa shape index (κ3) is 5.77. The number of hydrogen-bond acceptors (Lipinski definition) is 5. The van der Waals surface area contributed by atoms with Crippen LogP contribution in [0.4, 0.5) is 5.69 Å². The standard InChI is InChI=1S/C29H19Cl2NO5/c30-20-8-13-24(31)25(14-20)32-28(33)17-35-22-11-12-23-26(15-22)36-16-27(29(23)34)37-21-9-6-19(7-10-21)18-4-2-1-3-5-18/h1-16H,17H2,(H,32,33). The van der Waals surface area contributed by atoms with E-state index in [9.17, 15) is 9.59 Å². The molecule has 0 fully saturated rings. The Morgan fingerprint density at radius 1 is 0.838 bits per heavy atom. The van der Waals surface area contributed by atoms with Crippen molar-refractivity contribution in [1.29, 1.82) is 0 Å². The quantitative estimate of drug-likeness (QED) is 0.234. The van der Waals surface area contributed by atoms with Crippen molar-refractivity contribution in [3.05, 3.63) is 118 Å². The molecule has 6 nitrogen and oxygen atoms in total. The van der Waals surface area contributed by atoms with Crippen LogP contribution in [0, 0.1) is 0 Å². The van der Waals surface area contributed by atoms with E-state index in [0.29, 0.717) is 38.2 Å². The average Bonchev–Trinajstić information content (AvgIpc) is 2.92. The highest BCUT2D eigenvalue weighted by atomic mass is 35.5. The molecule has 8 heteroatoms. The summed E-state index contributed by atoms with van der Waals surface area (Å²) in [5.41, 5.74) is 2.48.